The molecule has 0 bridgehead atoms. The molecule has 16 heavy (non-hydrogen) atoms. The maximum absolute atomic E-state index is 11.9. The molecular formula is C13H11CsO2. The van der Waals surface area contributed by atoms with Crippen LogP contribution in [0, 0.1) is 0 Å². The number of hydrogen-bond acceptors (Lipinski definition) is 2. The fourth-order valence-electron chi connectivity index (χ4n) is 1.37. The van der Waals surface area contributed by atoms with Gasteiger partial charge >= 0.3 is 68.9 Å². The van der Waals surface area contributed by atoms with E-state index in [0.29, 0.717) is 11.1 Å². The quantitative estimate of drug-likeness (QED) is 0.854. The van der Waals surface area contributed by atoms with Gasteiger partial charge in [0.2, 0.25) is 0 Å². The Kier molecular flexibility index (Phi) is 5.82. The molecule has 0 aromatic heterocycles. The van der Waals surface area contributed by atoms with E-state index < -0.39 is 0 Å². The zero-order chi connectivity index (χ0) is 10.7. The molecule has 0 aliphatic rings. The van der Waals surface area contributed by atoms with Gasteiger partial charge in [-0.1, -0.05) is 30.3 Å². The van der Waals surface area contributed by atoms with E-state index in [9.17, 15) is 4.79 Å². The molecule has 76 valence electrons. The Morgan fingerprint density at radius 3 is 1.88 bits per heavy atom. The number of benzene rings is 2. The predicted octanol–water partition coefficient (Wildman–Crippen LogP) is 1.97. The van der Waals surface area contributed by atoms with Crippen molar-refractivity contribution in [1.29, 1.82) is 0 Å². The van der Waals surface area contributed by atoms with Crippen LogP contribution in [0.25, 0.3) is 0 Å². The van der Waals surface area contributed by atoms with Crippen molar-refractivity contribution in [3.63, 3.8) is 0 Å². The van der Waals surface area contributed by atoms with E-state index in [1.165, 1.54) is 12.1 Å². The van der Waals surface area contributed by atoms with E-state index >= 15 is 0 Å². The monoisotopic (exact) mass is 332 g/mol. The molecular weight excluding hydrogens is 321 g/mol. The van der Waals surface area contributed by atoms with Crippen molar-refractivity contribution in [2.45, 2.75) is 0 Å². The second-order valence-corrected chi connectivity index (χ2v) is 3.24. The predicted molar refractivity (Wildman–Crippen MR) is 65.1 cm³/mol. The van der Waals surface area contributed by atoms with E-state index in [-0.39, 0.29) is 80.4 Å². The summed E-state index contributed by atoms with van der Waals surface area (Å²) in [6.45, 7) is 0. The Morgan fingerprint density at radius 2 is 1.31 bits per heavy atom. The van der Waals surface area contributed by atoms with Gasteiger partial charge in [0.15, 0.2) is 5.78 Å². The van der Waals surface area contributed by atoms with E-state index in [1.54, 1.807) is 24.3 Å². The molecule has 0 saturated heterocycles. The van der Waals surface area contributed by atoms with Crippen molar-refractivity contribution >= 4 is 74.7 Å². The van der Waals surface area contributed by atoms with E-state index in [0.717, 1.165) is 0 Å². The van der Waals surface area contributed by atoms with Gasteiger partial charge < -0.3 is 5.11 Å². The van der Waals surface area contributed by atoms with E-state index in [4.69, 9.17) is 5.11 Å². The van der Waals surface area contributed by atoms with Crippen LogP contribution >= 0.6 is 0 Å². The zero-order valence-corrected chi connectivity index (χ0v) is 8.05. The van der Waals surface area contributed by atoms with Gasteiger partial charge in [-0.25, -0.2) is 0 Å². The summed E-state index contributed by atoms with van der Waals surface area (Å²) < 4.78 is 0. The molecule has 2 aromatic carbocycles. The number of ketones is 1. The van der Waals surface area contributed by atoms with Crippen LogP contribution < -0.4 is 0 Å². The molecule has 0 unspecified atom stereocenters. The number of phenols is 1. The summed E-state index contributed by atoms with van der Waals surface area (Å²) in [6, 6.07) is 15.3. The van der Waals surface area contributed by atoms with Crippen molar-refractivity contribution in [1.82, 2.24) is 0 Å². The van der Waals surface area contributed by atoms with Crippen molar-refractivity contribution in [2.75, 3.05) is 0 Å². The fraction of sp³-hybridized carbons (Fsp3) is 0. The van der Waals surface area contributed by atoms with Crippen LogP contribution in [0.1, 0.15) is 15.9 Å². The zero-order valence-electron chi connectivity index (χ0n) is 8.05. The first-order valence-corrected chi connectivity index (χ1v) is 4.66. The first kappa shape index (κ1) is 14.0. The SMILES string of the molecule is O=C(c1ccccc1)c1ccc(O)cc1.[CsH]. The molecule has 0 aliphatic heterocycles. The molecule has 0 heterocycles. The summed E-state index contributed by atoms with van der Waals surface area (Å²) in [6.07, 6.45) is 0. The third-order valence-electron chi connectivity index (χ3n) is 2.17. The first-order valence-electron chi connectivity index (χ1n) is 4.66. The number of aromatic hydroxyl groups is 1. The first-order chi connectivity index (χ1) is 7.27. The summed E-state index contributed by atoms with van der Waals surface area (Å²) in [5.74, 6) is 0.134. The molecule has 2 nitrogen and oxygen atoms in total. The molecule has 0 saturated carbocycles. The van der Waals surface area contributed by atoms with Gasteiger partial charge in [-0.3, -0.25) is 4.79 Å². The van der Waals surface area contributed by atoms with E-state index in [2.05, 4.69) is 0 Å². The molecule has 1 N–H and O–H groups in total. The number of phenolic OH excluding ortho intramolecular Hbond substituents is 1. The Bertz CT molecular complexity index is 463. The number of rotatable bonds is 2. The molecule has 2 rings (SSSR count). The second-order valence-electron chi connectivity index (χ2n) is 3.24. The molecule has 0 radical (unpaired) electrons. The number of carbonyl (C=O) groups is 1. The van der Waals surface area contributed by atoms with Crippen LogP contribution in [0.5, 0.6) is 5.75 Å². The summed E-state index contributed by atoms with van der Waals surface area (Å²) >= 11 is 0. The Morgan fingerprint density at radius 1 is 0.812 bits per heavy atom. The minimum absolute atomic E-state index is 0. The standard InChI is InChI=1S/C13H10O2.Cs.H/c14-12-8-6-11(7-9-12)13(15)10-4-2-1-3-5-10;;/h1-9,14H;;. The van der Waals surface area contributed by atoms with Gasteiger partial charge in [-0.05, 0) is 24.3 Å². The third-order valence-corrected chi connectivity index (χ3v) is 2.17. The van der Waals surface area contributed by atoms with Crippen LogP contribution in [-0.2, 0) is 0 Å². The minimum atomic E-state index is -0.0319. The molecule has 0 spiro atoms. The summed E-state index contributed by atoms with van der Waals surface area (Å²) in [7, 11) is 0. The van der Waals surface area contributed by atoms with Crippen molar-refractivity contribution < 1.29 is 9.90 Å². The van der Waals surface area contributed by atoms with Gasteiger partial charge in [-0.2, -0.15) is 0 Å². The van der Waals surface area contributed by atoms with Crippen molar-refractivity contribution in [2.24, 2.45) is 0 Å². The average molecular weight is 332 g/mol. The molecule has 3 heteroatoms. The average Bonchev–Trinajstić information content (AvgIpc) is 2.30. The normalized spacial score (nSPS) is 9.25. The topological polar surface area (TPSA) is 37.3 Å². The second kappa shape index (κ2) is 6.64. The summed E-state index contributed by atoms with van der Waals surface area (Å²) in [5.41, 5.74) is 1.24. The third kappa shape index (κ3) is 3.48. The molecule has 2 aromatic rings. The molecule has 0 atom stereocenters. The van der Waals surface area contributed by atoms with Crippen LogP contribution in [0.15, 0.2) is 54.6 Å². The van der Waals surface area contributed by atoms with Crippen LogP contribution in [0.2, 0.25) is 0 Å². The van der Waals surface area contributed by atoms with Gasteiger partial charge in [0.25, 0.3) is 0 Å². The Balaban J connectivity index is 0.00000128. The van der Waals surface area contributed by atoms with Crippen LogP contribution in [-0.4, -0.2) is 79.8 Å². The Hall–Kier alpha value is -0.0381. The van der Waals surface area contributed by atoms with Gasteiger partial charge in [0.05, 0.1) is 0 Å². The Labute approximate surface area is 153 Å². The fourth-order valence-corrected chi connectivity index (χ4v) is 1.37. The molecule has 0 fully saturated rings. The van der Waals surface area contributed by atoms with Crippen molar-refractivity contribution in [3.8, 4) is 5.75 Å². The number of hydrogen-bond donors (Lipinski definition) is 1. The molecule has 0 amide bonds. The summed E-state index contributed by atoms with van der Waals surface area (Å²) in [5, 5.41) is 9.10. The van der Waals surface area contributed by atoms with Crippen molar-refractivity contribution in [3.05, 3.63) is 65.7 Å². The van der Waals surface area contributed by atoms with Gasteiger partial charge in [0, 0.05) is 11.1 Å². The van der Waals surface area contributed by atoms with Gasteiger partial charge in [-0.15, -0.1) is 0 Å². The van der Waals surface area contributed by atoms with Crippen LogP contribution in [0.3, 0.4) is 0 Å². The number of carbonyl (C=O) groups excluding carboxylic acids is 1. The molecule has 0 aliphatic carbocycles. The maximum atomic E-state index is 11.9. The van der Waals surface area contributed by atoms with Gasteiger partial charge in [0.1, 0.15) is 5.75 Å². The summed E-state index contributed by atoms with van der Waals surface area (Å²) in [4.78, 5) is 11.9. The van der Waals surface area contributed by atoms with Crippen LogP contribution in [0.4, 0.5) is 0 Å². The van der Waals surface area contributed by atoms with E-state index in [1.807, 2.05) is 18.2 Å².